The predicted octanol–water partition coefficient (Wildman–Crippen LogP) is 0.301. The maximum Gasteiger partial charge on any atom is 0.343 e. The summed E-state index contributed by atoms with van der Waals surface area (Å²) in [5.74, 6) is 0. The van der Waals surface area contributed by atoms with Crippen LogP contribution in [0.3, 0.4) is 0 Å². The predicted molar refractivity (Wildman–Crippen MR) is 46.2 cm³/mol. The van der Waals surface area contributed by atoms with E-state index in [-0.39, 0.29) is 17.2 Å². The summed E-state index contributed by atoms with van der Waals surface area (Å²) < 4.78 is 4.99. The SMILES string of the molecule is CCOC1O[N+]([O-])=C(C)[C@]1(C)[N+](=O)[O-]. The Morgan fingerprint density at radius 2 is 2.36 bits per heavy atom. The fourth-order valence-electron chi connectivity index (χ4n) is 1.19. The molecule has 7 heteroatoms. The number of rotatable bonds is 3. The van der Waals surface area contributed by atoms with Gasteiger partial charge in [-0.1, -0.05) is 0 Å². The third kappa shape index (κ3) is 1.29. The highest BCUT2D eigenvalue weighted by molar-refractivity contribution is 5.86. The highest BCUT2D eigenvalue weighted by Gasteiger charge is 2.60. The molecule has 7 nitrogen and oxygen atoms in total. The van der Waals surface area contributed by atoms with Crippen molar-refractivity contribution >= 4 is 5.71 Å². The van der Waals surface area contributed by atoms with Crippen molar-refractivity contribution in [3.63, 3.8) is 0 Å². The maximum absolute atomic E-state index is 11.1. The second kappa shape index (κ2) is 3.41. The van der Waals surface area contributed by atoms with E-state index in [4.69, 9.17) is 4.74 Å². The van der Waals surface area contributed by atoms with E-state index in [9.17, 15) is 15.3 Å². The minimum absolute atomic E-state index is 0.0130. The Bertz CT molecular complexity index is 290. The van der Waals surface area contributed by atoms with Crippen molar-refractivity contribution < 1.29 is 19.4 Å². The number of hydrogen-bond acceptors (Lipinski definition) is 5. The molecule has 0 fully saturated rings. The number of nitro groups is 1. The first kappa shape index (κ1) is 10.7. The van der Waals surface area contributed by atoms with Crippen molar-refractivity contribution in [3.05, 3.63) is 15.3 Å². The molecule has 0 spiro atoms. The lowest BCUT2D eigenvalue weighted by molar-refractivity contribution is -0.756. The van der Waals surface area contributed by atoms with Crippen LogP contribution in [0, 0.1) is 15.3 Å². The Morgan fingerprint density at radius 3 is 2.79 bits per heavy atom. The van der Waals surface area contributed by atoms with Gasteiger partial charge in [0.25, 0.3) is 5.71 Å². The molecule has 1 aliphatic heterocycles. The van der Waals surface area contributed by atoms with Gasteiger partial charge in [-0.2, -0.15) is 0 Å². The van der Waals surface area contributed by atoms with E-state index >= 15 is 0 Å². The summed E-state index contributed by atoms with van der Waals surface area (Å²) in [7, 11) is 0. The summed E-state index contributed by atoms with van der Waals surface area (Å²) >= 11 is 0. The largest absolute Gasteiger partial charge is 0.363 e. The molecule has 2 atom stereocenters. The van der Waals surface area contributed by atoms with Crippen LogP contribution in [0.2, 0.25) is 0 Å². The van der Waals surface area contributed by atoms with Crippen LogP contribution >= 0.6 is 0 Å². The lowest BCUT2D eigenvalue weighted by atomic mass is 9.98. The fraction of sp³-hybridized carbons (Fsp3) is 0.857. The van der Waals surface area contributed by atoms with Crippen LogP contribution in [0.1, 0.15) is 20.8 Å². The summed E-state index contributed by atoms with van der Waals surface area (Å²) in [4.78, 5) is 15.1. The van der Waals surface area contributed by atoms with Gasteiger partial charge >= 0.3 is 5.54 Å². The van der Waals surface area contributed by atoms with Crippen LogP contribution in [-0.2, 0) is 9.57 Å². The van der Waals surface area contributed by atoms with Crippen LogP contribution in [0.4, 0.5) is 0 Å². The number of nitrogens with zero attached hydrogens (tertiary/aromatic N) is 2. The molecule has 0 saturated carbocycles. The van der Waals surface area contributed by atoms with E-state index in [2.05, 4.69) is 4.84 Å². The average molecular weight is 204 g/mol. The van der Waals surface area contributed by atoms with E-state index in [0.29, 0.717) is 0 Å². The standard InChI is InChI=1S/C7H12N2O5/c1-4-13-6-7(3,9(11)12)5(2)8(10)14-6/h6H,4H2,1-3H3/t6?,7-/m0/s1. The molecule has 1 heterocycles. The maximum atomic E-state index is 11.1. The van der Waals surface area contributed by atoms with Gasteiger partial charge in [0.05, 0.1) is 0 Å². The molecule has 80 valence electrons. The van der Waals surface area contributed by atoms with Crippen LogP contribution < -0.4 is 0 Å². The molecule has 0 N–H and O–H groups in total. The first-order valence-electron chi connectivity index (χ1n) is 4.18. The monoisotopic (exact) mass is 204 g/mol. The summed E-state index contributed by atoms with van der Waals surface area (Å²) in [5.41, 5.74) is -1.61. The van der Waals surface area contributed by atoms with Gasteiger partial charge in [-0.25, -0.2) is 0 Å². The minimum atomic E-state index is -1.60. The molecule has 1 aliphatic rings. The normalized spacial score (nSPS) is 31.8. The van der Waals surface area contributed by atoms with Gasteiger partial charge in [0.1, 0.15) is 0 Å². The molecule has 0 radical (unpaired) electrons. The highest BCUT2D eigenvalue weighted by atomic mass is 16.9. The van der Waals surface area contributed by atoms with Crippen LogP contribution in [0.25, 0.3) is 0 Å². The zero-order valence-electron chi connectivity index (χ0n) is 8.22. The van der Waals surface area contributed by atoms with Crippen molar-refractivity contribution in [1.29, 1.82) is 0 Å². The Hall–Kier alpha value is -1.37. The van der Waals surface area contributed by atoms with Gasteiger partial charge in [0.15, 0.2) is 0 Å². The molecule has 0 bridgehead atoms. The molecular formula is C7H12N2O5. The first-order chi connectivity index (χ1) is 6.44. The van der Waals surface area contributed by atoms with E-state index in [1.807, 2.05) is 0 Å². The van der Waals surface area contributed by atoms with Crippen LogP contribution in [-0.4, -0.2) is 34.0 Å². The van der Waals surface area contributed by atoms with Gasteiger partial charge in [-0.05, 0) is 6.92 Å². The fourth-order valence-corrected chi connectivity index (χ4v) is 1.19. The van der Waals surface area contributed by atoms with Crippen molar-refractivity contribution in [2.45, 2.75) is 32.6 Å². The first-order valence-corrected chi connectivity index (χ1v) is 4.18. The van der Waals surface area contributed by atoms with Crippen LogP contribution in [0.15, 0.2) is 0 Å². The average Bonchev–Trinajstić information content (AvgIpc) is 2.32. The second-order valence-electron chi connectivity index (χ2n) is 3.14. The molecule has 0 amide bonds. The topological polar surface area (TPSA) is 87.7 Å². The van der Waals surface area contributed by atoms with Crippen molar-refractivity contribution in [2.75, 3.05) is 6.61 Å². The van der Waals surface area contributed by atoms with E-state index in [1.165, 1.54) is 13.8 Å². The second-order valence-corrected chi connectivity index (χ2v) is 3.14. The van der Waals surface area contributed by atoms with Gasteiger partial charge < -0.3 is 9.57 Å². The molecule has 0 saturated heterocycles. The Labute approximate surface area is 80.6 Å². The molecule has 0 aromatic carbocycles. The molecule has 0 aromatic rings. The Morgan fingerprint density at radius 1 is 1.79 bits per heavy atom. The molecule has 1 unspecified atom stereocenters. The van der Waals surface area contributed by atoms with E-state index < -0.39 is 16.8 Å². The van der Waals surface area contributed by atoms with Crippen molar-refractivity contribution in [1.82, 2.24) is 0 Å². The lowest BCUT2D eigenvalue weighted by Gasteiger charge is -2.20. The quantitative estimate of drug-likeness (QED) is 0.375. The van der Waals surface area contributed by atoms with Crippen molar-refractivity contribution in [3.8, 4) is 0 Å². The summed E-state index contributed by atoms with van der Waals surface area (Å²) in [6.07, 6.45) is -1.15. The molecule has 0 aromatic heterocycles. The molecule has 1 rings (SSSR count). The molecule has 14 heavy (non-hydrogen) atoms. The third-order valence-electron chi connectivity index (χ3n) is 2.35. The van der Waals surface area contributed by atoms with Gasteiger partial charge in [-0.15, -0.1) is 0 Å². The van der Waals surface area contributed by atoms with Crippen molar-refractivity contribution in [2.24, 2.45) is 0 Å². The van der Waals surface area contributed by atoms with Gasteiger partial charge in [-0.3, -0.25) is 15.3 Å². The van der Waals surface area contributed by atoms with E-state index in [0.717, 1.165) is 0 Å². The van der Waals surface area contributed by atoms with Gasteiger partial charge in [0, 0.05) is 30.3 Å². The zero-order chi connectivity index (χ0) is 10.9. The minimum Gasteiger partial charge on any atom is -0.363 e. The Kier molecular flexibility index (Phi) is 2.61. The Balaban J connectivity index is 3.01. The third-order valence-corrected chi connectivity index (χ3v) is 2.35. The highest BCUT2D eigenvalue weighted by Crippen LogP contribution is 2.26. The van der Waals surface area contributed by atoms with Gasteiger partial charge in [0.2, 0.25) is 6.29 Å². The number of ether oxygens (including phenoxy) is 1. The zero-order valence-corrected chi connectivity index (χ0v) is 8.22. The summed E-state index contributed by atoms with van der Waals surface area (Å²) in [5, 5.41) is 21.9. The number of hydrogen-bond donors (Lipinski definition) is 0. The smallest absolute Gasteiger partial charge is 0.343 e. The van der Waals surface area contributed by atoms with Crippen LogP contribution in [0.5, 0.6) is 0 Å². The van der Waals surface area contributed by atoms with E-state index in [1.54, 1.807) is 6.92 Å². The lowest BCUT2D eigenvalue weighted by Crippen LogP contribution is -2.50. The molecule has 0 aliphatic carbocycles. The summed E-state index contributed by atoms with van der Waals surface area (Å²) in [6, 6.07) is 0. The molecular weight excluding hydrogens is 192 g/mol. The summed E-state index contributed by atoms with van der Waals surface area (Å²) in [6.45, 7) is 4.58.